The summed E-state index contributed by atoms with van der Waals surface area (Å²) in [5.41, 5.74) is 0. The van der Waals surface area contributed by atoms with E-state index in [0.29, 0.717) is 0 Å². The van der Waals surface area contributed by atoms with E-state index >= 15 is 0 Å². The third-order valence-corrected chi connectivity index (χ3v) is 1.63. The van der Waals surface area contributed by atoms with Crippen LogP contribution in [0.25, 0.3) is 0 Å². The minimum absolute atomic E-state index is 1.17. The molecule has 0 aromatic rings. The number of rotatable bonds is 3. The molecule has 1 nitrogen and oxygen atoms in total. The molecule has 11 heavy (non-hydrogen) atoms. The number of thioether (sulfide) groups is 1. The second kappa shape index (κ2) is 12.2. The summed E-state index contributed by atoms with van der Waals surface area (Å²) < 4.78 is 0. The van der Waals surface area contributed by atoms with E-state index in [4.69, 9.17) is 0 Å². The highest BCUT2D eigenvalue weighted by atomic mass is 32.2. The maximum atomic E-state index is 3.65. The Bertz CT molecular complexity index is 136. The number of allylic oxidation sites excluding steroid dienone is 2. The van der Waals surface area contributed by atoms with Gasteiger partial charge in [-0.2, -0.15) is 0 Å². The lowest BCUT2D eigenvalue weighted by molar-refractivity contribution is -0.413. The SMILES string of the molecule is C=C/C(=C\C=[NH+]C)SC.CC. The van der Waals surface area contributed by atoms with Gasteiger partial charge in [0.25, 0.3) is 0 Å². The highest BCUT2D eigenvalue weighted by Gasteiger charge is 1.82. The van der Waals surface area contributed by atoms with Crippen molar-refractivity contribution >= 4 is 18.0 Å². The molecule has 0 aliphatic rings. The molecule has 0 saturated carbocycles. The van der Waals surface area contributed by atoms with Crippen molar-refractivity contribution in [2.75, 3.05) is 13.3 Å². The lowest BCUT2D eigenvalue weighted by Crippen LogP contribution is -2.62. The van der Waals surface area contributed by atoms with E-state index in [9.17, 15) is 0 Å². The molecule has 0 bridgehead atoms. The van der Waals surface area contributed by atoms with E-state index in [0.717, 1.165) is 0 Å². The van der Waals surface area contributed by atoms with Gasteiger partial charge < -0.3 is 0 Å². The largest absolute Gasteiger partial charge is 0.251 e. The van der Waals surface area contributed by atoms with Crippen LogP contribution < -0.4 is 4.99 Å². The zero-order valence-electron chi connectivity index (χ0n) is 7.85. The number of hydrogen-bond acceptors (Lipinski definition) is 1. The molecule has 0 radical (unpaired) electrons. The molecule has 0 aromatic heterocycles. The molecule has 64 valence electrons. The topological polar surface area (TPSA) is 14.0 Å². The van der Waals surface area contributed by atoms with Gasteiger partial charge in [0, 0.05) is 11.0 Å². The Morgan fingerprint density at radius 3 is 2.27 bits per heavy atom. The molecule has 2 heteroatoms. The Morgan fingerprint density at radius 2 is 2.00 bits per heavy atom. The fourth-order valence-corrected chi connectivity index (χ4v) is 0.756. The first-order valence-corrected chi connectivity index (χ1v) is 4.94. The van der Waals surface area contributed by atoms with Gasteiger partial charge in [-0.15, -0.1) is 11.8 Å². The normalized spacial score (nSPS) is 10.7. The number of nitrogens with one attached hydrogen (secondary N) is 1. The predicted octanol–water partition coefficient (Wildman–Crippen LogP) is 1.23. The zero-order chi connectivity index (χ0) is 9.11. The maximum absolute atomic E-state index is 3.65. The van der Waals surface area contributed by atoms with E-state index in [1.54, 1.807) is 11.8 Å². The third kappa shape index (κ3) is 9.50. The van der Waals surface area contributed by atoms with Crippen molar-refractivity contribution in [1.82, 2.24) is 0 Å². The van der Waals surface area contributed by atoms with Crippen LogP contribution in [0.4, 0.5) is 0 Å². The molecule has 0 aliphatic carbocycles. The van der Waals surface area contributed by atoms with E-state index < -0.39 is 0 Å². The second-order valence-electron chi connectivity index (χ2n) is 1.43. The summed E-state index contributed by atoms with van der Waals surface area (Å²) in [7, 11) is 1.87. The van der Waals surface area contributed by atoms with Crippen LogP contribution in [0.15, 0.2) is 23.6 Å². The maximum Gasteiger partial charge on any atom is 0.162 e. The average molecular weight is 172 g/mol. The fourth-order valence-electron chi connectivity index (χ4n) is 0.385. The lowest BCUT2D eigenvalue weighted by Gasteiger charge is -1.87. The Balaban J connectivity index is 0. The Kier molecular flexibility index (Phi) is 14.5. The van der Waals surface area contributed by atoms with Crippen molar-refractivity contribution in [3.05, 3.63) is 23.6 Å². The summed E-state index contributed by atoms with van der Waals surface area (Å²) in [4.78, 5) is 4.08. The summed E-state index contributed by atoms with van der Waals surface area (Å²) in [6.07, 6.45) is 7.72. The van der Waals surface area contributed by atoms with Gasteiger partial charge in [0.05, 0.1) is 0 Å². The van der Waals surface area contributed by atoms with Crippen molar-refractivity contribution in [2.45, 2.75) is 13.8 Å². The molecule has 1 N–H and O–H groups in total. The lowest BCUT2D eigenvalue weighted by atomic mass is 10.5. The Hall–Kier alpha value is -0.500. The molecule has 0 heterocycles. The van der Waals surface area contributed by atoms with Gasteiger partial charge in [0.15, 0.2) is 6.21 Å². The van der Waals surface area contributed by atoms with Crippen LogP contribution >= 0.6 is 11.8 Å². The molecule has 0 amide bonds. The Labute approximate surface area is 74.3 Å². The van der Waals surface area contributed by atoms with Crippen molar-refractivity contribution in [2.24, 2.45) is 0 Å². The molecule has 0 spiro atoms. The molecule has 0 atom stereocenters. The van der Waals surface area contributed by atoms with Crippen LogP contribution in [0.3, 0.4) is 0 Å². The van der Waals surface area contributed by atoms with Crippen LogP contribution in [-0.4, -0.2) is 19.5 Å². The van der Waals surface area contributed by atoms with Crippen molar-refractivity contribution in [3.63, 3.8) is 0 Å². The standard InChI is InChI=1S/C7H11NS.C2H6/c1-4-7(9-3)5-6-8-2;1-2/h4-6H,1H2,2-3H3;1-2H3/p+1/b7-5+,8-6?;. The van der Waals surface area contributed by atoms with Gasteiger partial charge in [-0.3, -0.25) is 4.99 Å². The molecule has 0 rings (SSSR count). The van der Waals surface area contributed by atoms with Crippen LogP contribution in [0.5, 0.6) is 0 Å². The van der Waals surface area contributed by atoms with Crippen molar-refractivity contribution in [3.8, 4) is 0 Å². The summed E-state index contributed by atoms with van der Waals surface area (Å²) >= 11 is 1.68. The summed E-state index contributed by atoms with van der Waals surface area (Å²) in [6, 6.07) is 0. The van der Waals surface area contributed by atoms with Gasteiger partial charge in [-0.05, 0) is 6.26 Å². The first kappa shape index (κ1) is 13.1. The first-order valence-electron chi connectivity index (χ1n) is 3.72. The van der Waals surface area contributed by atoms with Crippen LogP contribution in [0.1, 0.15) is 13.8 Å². The first-order chi connectivity index (χ1) is 5.35. The minimum atomic E-state index is 1.17. The van der Waals surface area contributed by atoms with Gasteiger partial charge in [-0.1, -0.05) is 26.5 Å². The molecule has 0 saturated heterocycles. The molecule has 0 aliphatic heterocycles. The summed E-state index contributed by atoms with van der Waals surface area (Å²) in [5.74, 6) is 0. The van der Waals surface area contributed by atoms with E-state index in [1.807, 2.05) is 45.5 Å². The zero-order valence-corrected chi connectivity index (χ0v) is 8.66. The van der Waals surface area contributed by atoms with Crippen molar-refractivity contribution in [1.29, 1.82) is 0 Å². The van der Waals surface area contributed by atoms with Gasteiger partial charge >= 0.3 is 0 Å². The molecule has 0 aromatic carbocycles. The summed E-state index contributed by atoms with van der Waals surface area (Å²) in [6.45, 7) is 7.65. The molecule has 0 fully saturated rings. The van der Waals surface area contributed by atoms with Crippen LogP contribution in [0, 0.1) is 0 Å². The van der Waals surface area contributed by atoms with E-state index in [-0.39, 0.29) is 0 Å². The Morgan fingerprint density at radius 1 is 1.45 bits per heavy atom. The van der Waals surface area contributed by atoms with Gasteiger partial charge in [-0.25, -0.2) is 0 Å². The predicted molar refractivity (Wildman–Crippen MR) is 56.1 cm³/mol. The van der Waals surface area contributed by atoms with Gasteiger partial charge in [0.1, 0.15) is 7.05 Å². The molecule has 0 unspecified atom stereocenters. The summed E-state index contributed by atoms with van der Waals surface area (Å²) in [5, 5.41) is 0. The van der Waals surface area contributed by atoms with E-state index in [1.165, 1.54) is 4.91 Å². The smallest absolute Gasteiger partial charge is 0.162 e. The minimum Gasteiger partial charge on any atom is -0.251 e. The molecular formula is C9H18NS+. The monoisotopic (exact) mass is 172 g/mol. The van der Waals surface area contributed by atoms with Crippen molar-refractivity contribution < 1.29 is 4.99 Å². The highest BCUT2D eigenvalue weighted by molar-refractivity contribution is 8.02. The van der Waals surface area contributed by atoms with Crippen LogP contribution in [-0.2, 0) is 0 Å². The number of hydrogen-bond donors (Lipinski definition) is 1. The molecular weight excluding hydrogens is 154 g/mol. The average Bonchev–Trinajstić information content (AvgIpc) is 2.10. The van der Waals surface area contributed by atoms with E-state index in [2.05, 4.69) is 11.6 Å². The van der Waals surface area contributed by atoms with Crippen LogP contribution in [0.2, 0.25) is 0 Å². The third-order valence-electron chi connectivity index (χ3n) is 0.851. The quantitative estimate of drug-likeness (QED) is 0.499. The fraction of sp³-hybridized carbons (Fsp3) is 0.444. The van der Waals surface area contributed by atoms with Gasteiger partial charge in [0.2, 0.25) is 0 Å². The second-order valence-corrected chi connectivity index (χ2v) is 2.31. The highest BCUT2D eigenvalue weighted by Crippen LogP contribution is 2.09.